The number of nitro benzene ring substituents is 1. The highest BCUT2D eigenvalue weighted by molar-refractivity contribution is 8.93. The third kappa shape index (κ3) is 9.88. The molecule has 0 aliphatic carbocycles. The summed E-state index contributed by atoms with van der Waals surface area (Å²) >= 11 is 12.3. The third-order valence-electron chi connectivity index (χ3n) is 6.93. The number of ether oxygens (including phenoxy) is 1. The molecular weight excluding hydrogens is 733 g/mol. The molecule has 3 aromatic rings. The van der Waals surface area contributed by atoms with Crippen LogP contribution in [0.3, 0.4) is 0 Å². The monoisotopic (exact) mass is 764 g/mol. The molecule has 4 rings (SSSR count). The van der Waals surface area contributed by atoms with Crippen molar-refractivity contribution in [2.75, 3.05) is 57.3 Å². The molecule has 0 bridgehead atoms. The van der Waals surface area contributed by atoms with E-state index in [-0.39, 0.29) is 41.5 Å². The SMILES string of the molecule is Br.CCOc1cc(N2CCN(C(=NCCNS(=O)(=O)c3ccc(F)cc3F)NCCc3ccc(Cl)cc3Cl)CC2)ccc1[N+](=O)[O-]. The van der Waals surface area contributed by atoms with Gasteiger partial charge in [-0.1, -0.05) is 29.3 Å². The predicted octanol–water partition coefficient (Wildman–Crippen LogP) is 5.45. The number of benzene rings is 3. The molecule has 0 amide bonds. The number of sulfonamides is 1. The van der Waals surface area contributed by atoms with Crippen LogP contribution in [0.5, 0.6) is 5.75 Å². The Hall–Kier alpha value is -3.24. The Kier molecular flexibility index (Phi) is 13.8. The molecule has 17 heteroatoms. The second-order valence-electron chi connectivity index (χ2n) is 9.91. The zero-order valence-corrected chi connectivity index (χ0v) is 28.8. The molecule has 0 saturated carbocycles. The van der Waals surface area contributed by atoms with E-state index in [0.717, 1.165) is 23.4 Å². The number of hydrogen-bond donors (Lipinski definition) is 2. The molecule has 1 saturated heterocycles. The number of guanidine groups is 1. The number of hydrogen-bond acceptors (Lipinski definition) is 7. The van der Waals surface area contributed by atoms with Crippen molar-refractivity contribution in [1.82, 2.24) is 14.9 Å². The van der Waals surface area contributed by atoms with Crippen LogP contribution in [0.2, 0.25) is 10.0 Å². The summed E-state index contributed by atoms with van der Waals surface area (Å²) in [5, 5.41) is 15.8. The fraction of sp³-hybridized carbons (Fsp3) is 0.345. The second kappa shape index (κ2) is 17.1. The summed E-state index contributed by atoms with van der Waals surface area (Å²) in [7, 11) is -4.23. The maximum atomic E-state index is 14.1. The van der Waals surface area contributed by atoms with Gasteiger partial charge in [-0.15, -0.1) is 17.0 Å². The largest absolute Gasteiger partial charge is 0.487 e. The molecule has 1 aliphatic rings. The molecule has 250 valence electrons. The molecule has 0 atom stereocenters. The van der Waals surface area contributed by atoms with Gasteiger partial charge in [0.2, 0.25) is 10.0 Å². The first-order valence-corrected chi connectivity index (χ1v) is 16.3. The molecule has 0 radical (unpaired) electrons. The Morgan fingerprint density at radius 1 is 1.04 bits per heavy atom. The van der Waals surface area contributed by atoms with Gasteiger partial charge in [-0.3, -0.25) is 15.1 Å². The van der Waals surface area contributed by atoms with Crippen LogP contribution in [0.4, 0.5) is 20.2 Å². The van der Waals surface area contributed by atoms with E-state index in [1.165, 1.54) is 6.07 Å². The molecule has 1 fully saturated rings. The maximum absolute atomic E-state index is 14.1. The lowest BCUT2D eigenvalue weighted by molar-refractivity contribution is -0.385. The van der Waals surface area contributed by atoms with Gasteiger partial charge in [0.15, 0.2) is 11.7 Å². The van der Waals surface area contributed by atoms with Gasteiger partial charge >= 0.3 is 5.69 Å². The van der Waals surface area contributed by atoms with E-state index in [2.05, 4.69) is 19.9 Å². The van der Waals surface area contributed by atoms with Crippen molar-refractivity contribution in [1.29, 1.82) is 0 Å². The van der Waals surface area contributed by atoms with Gasteiger partial charge in [-0.2, -0.15) is 0 Å². The van der Waals surface area contributed by atoms with Crippen molar-refractivity contribution in [3.63, 3.8) is 0 Å². The Morgan fingerprint density at radius 3 is 2.43 bits per heavy atom. The van der Waals surface area contributed by atoms with Crippen molar-refractivity contribution in [2.45, 2.75) is 18.2 Å². The summed E-state index contributed by atoms with van der Waals surface area (Å²) in [5.41, 5.74) is 1.57. The number of anilines is 1. The minimum atomic E-state index is -4.23. The molecule has 1 heterocycles. The Labute approximate surface area is 286 Å². The van der Waals surface area contributed by atoms with Crippen LogP contribution in [0.1, 0.15) is 12.5 Å². The zero-order chi connectivity index (χ0) is 32.6. The normalized spacial score (nSPS) is 13.7. The van der Waals surface area contributed by atoms with E-state index in [9.17, 15) is 27.3 Å². The topological polar surface area (TPSA) is 129 Å². The van der Waals surface area contributed by atoms with Crippen LogP contribution in [-0.2, 0) is 16.4 Å². The summed E-state index contributed by atoms with van der Waals surface area (Å²) in [5.74, 6) is -1.33. The lowest BCUT2D eigenvalue weighted by Crippen LogP contribution is -2.53. The summed E-state index contributed by atoms with van der Waals surface area (Å²) in [6, 6.07) is 12.3. The lowest BCUT2D eigenvalue weighted by Gasteiger charge is -2.38. The van der Waals surface area contributed by atoms with E-state index in [1.54, 1.807) is 31.2 Å². The van der Waals surface area contributed by atoms with Crippen LogP contribution in [0, 0.1) is 21.7 Å². The highest BCUT2D eigenvalue weighted by Gasteiger charge is 2.24. The van der Waals surface area contributed by atoms with Crippen molar-refractivity contribution in [3.8, 4) is 5.75 Å². The molecule has 0 spiro atoms. The number of aliphatic imine (C=N–C) groups is 1. The predicted molar refractivity (Wildman–Crippen MR) is 180 cm³/mol. The molecular formula is C29H33BrCl2F2N6O5S. The molecule has 1 aliphatic heterocycles. The van der Waals surface area contributed by atoms with Gasteiger partial charge in [0.25, 0.3) is 0 Å². The standard InChI is InChI=1S/C29H32Cl2F2N6O5S.BrH/c1-2-44-27-19-23(6-7-26(27)39(40)41)37-13-15-38(16-14-37)29(34-10-9-20-3-4-21(30)17-24(20)31)35-11-12-36-45(42,43)28-8-5-22(32)18-25(28)33;/h3-8,17-19,36H,2,9-16H2,1H3,(H,34,35);1H. The van der Waals surface area contributed by atoms with Crippen LogP contribution < -0.4 is 19.7 Å². The second-order valence-corrected chi connectivity index (χ2v) is 12.5. The Bertz CT molecular complexity index is 1660. The third-order valence-corrected chi connectivity index (χ3v) is 9.01. The van der Waals surface area contributed by atoms with Crippen molar-refractivity contribution >= 4 is 67.5 Å². The zero-order valence-electron chi connectivity index (χ0n) is 24.7. The number of halogens is 5. The van der Waals surface area contributed by atoms with Gasteiger partial charge in [0.1, 0.15) is 16.5 Å². The van der Waals surface area contributed by atoms with E-state index >= 15 is 0 Å². The van der Waals surface area contributed by atoms with Crippen molar-refractivity contribution in [3.05, 3.63) is 92.0 Å². The number of rotatable bonds is 12. The van der Waals surface area contributed by atoms with Gasteiger partial charge < -0.3 is 19.9 Å². The van der Waals surface area contributed by atoms with Gasteiger partial charge in [-0.25, -0.2) is 21.9 Å². The first kappa shape index (κ1) is 37.2. The maximum Gasteiger partial charge on any atom is 0.311 e. The number of nitro groups is 1. The first-order chi connectivity index (χ1) is 21.5. The highest BCUT2D eigenvalue weighted by atomic mass is 79.9. The number of piperazine rings is 1. The van der Waals surface area contributed by atoms with Crippen LogP contribution in [-0.4, -0.2) is 76.6 Å². The molecule has 0 aromatic heterocycles. The summed E-state index contributed by atoms with van der Waals surface area (Å²) in [6.07, 6.45) is 0.564. The summed E-state index contributed by atoms with van der Waals surface area (Å²) in [6.45, 7) is 4.65. The molecule has 11 nitrogen and oxygen atoms in total. The van der Waals surface area contributed by atoms with Crippen molar-refractivity contribution < 1.29 is 26.9 Å². The summed E-state index contributed by atoms with van der Waals surface area (Å²) in [4.78, 5) is 18.9. The fourth-order valence-electron chi connectivity index (χ4n) is 4.71. The minimum Gasteiger partial charge on any atom is -0.487 e. The average molecular weight is 766 g/mol. The Morgan fingerprint density at radius 2 is 1.78 bits per heavy atom. The van der Waals surface area contributed by atoms with E-state index < -0.39 is 31.5 Å². The molecule has 0 unspecified atom stereocenters. The smallest absolute Gasteiger partial charge is 0.311 e. The van der Waals surface area contributed by atoms with E-state index in [1.807, 2.05) is 11.0 Å². The molecule has 3 aromatic carbocycles. The Balaban J connectivity index is 0.00000576. The van der Waals surface area contributed by atoms with Crippen LogP contribution in [0.15, 0.2) is 64.5 Å². The van der Waals surface area contributed by atoms with Crippen LogP contribution >= 0.6 is 40.2 Å². The lowest BCUT2D eigenvalue weighted by atomic mass is 10.1. The first-order valence-electron chi connectivity index (χ1n) is 14.1. The summed E-state index contributed by atoms with van der Waals surface area (Å²) < 4.78 is 60.2. The van der Waals surface area contributed by atoms with Gasteiger partial charge in [-0.05, 0) is 49.2 Å². The van der Waals surface area contributed by atoms with Crippen molar-refractivity contribution in [2.24, 2.45) is 4.99 Å². The van der Waals surface area contributed by atoms with Crippen LogP contribution in [0.25, 0.3) is 0 Å². The molecule has 2 N–H and O–H groups in total. The van der Waals surface area contributed by atoms with E-state index in [4.69, 9.17) is 27.9 Å². The number of nitrogens with zero attached hydrogens (tertiary/aromatic N) is 4. The van der Waals surface area contributed by atoms with E-state index in [0.29, 0.717) is 67.8 Å². The quantitative estimate of drug-likeness (QED) is 0.0820. The highest BCUT2D eigenvalue weighted by Crippen LogP contribution is 2.32. The minimum absolute atomic E-state index is 0. The average Bonchev–Trinajstić information content (AvgIpc) is 2.99. The van der Waals surface area contributed by atoms with Gasteiger partial charge in [0.05, 0.1) is 18.1 Å². The number of nitrogens with one attached hydrogen (secondary N) is 2. The molecule has 46 heavy (non-hydrogen) atoms. The fourth-order valence-corrected chi connectivity index (χ4v) is 6.29. The van der Waals surface area contributed by atoms with Gasteiger partial charge in [0, 0.05) is 73.2 Å².